The highest BCUT2D eigenvalue weighted by molar-refractivity contribution is 5.72. The first-order chi connectivity index (χ1) is 14.7. The number of halogens is 4. The molecule has 0 heterocycles. The predicted octanol–water partition coefficient (Wildman–Crippen LogP) is 6.23. The minimum atomic E-state index is -4.37. The molecule has 7 heteroatoms. The predicted molar refractivity (Wildman–Crippen MR) is 109 cm³/mol. The molecule has 0 saturated heterocycles. The van der Waals surface area contributed by atoms with Gasteiger partial charge in [-0.15, -0.1) is 0 Å². The van der Waals surface area contributed by atoms with Crippen molar-refractivity contribution in [3.8, 4) is 16.9 Å². The molecular weight excluding hydrogens is 412 g/mol. The molecule has 31 heavy (non-hydrogen) atoms. The molecule has 1 N–H and O–H groups in total. The van der Waals surface area contributed by atoms with E-state index in [4.69, 9.17) is 9.84 Å². The molecule has 3 nitrogen and oxygen atoms in total. The van der Waals surface area contributed by atoms with Crippen molar-refractivity contribution in [2.24, 2.45) is 0 Å². The van der Waals surface area contributed by atoms with E-state index in [9.17, 15) is 22.4 Å². The molecule has 160 valence electrons. The van der Waals surface area contributed by atoms with Crippen LogP contribution in [0, 0.1) is 5.82 Å². The number of alkyl halides is 3. The van der Waals surface area contributed by atoms with Gasteiger partial charge in [0.1, 0.15) is 18.2 Å². The van der Waals surface area contributed by atoms with E-state index in [1.54, 1.807) is 42.5 Å². The molecule has 3 rings (SSSR count). The maximum Gasteiger partial charge on any atom is 0.416 e. The fourth-order valence-corrected chi connectivity index (χ4v) is 2.97. The fourth-order valence-electron chi connectivity index (χ4n) is 2.97. The maximum atomic E-state index is 13.9. The number of hydrogen-bond acceptors (Lipinski definition) is 2. The third kappa shape index (κ3) is 6.44. The van der Waals surface area contributed by atoms with Crippen LogP contribution in [0.1, 0.15) is 16.7 Å². The lowest BCUT2D eigenvalue weighted by atomic mass is 10.0. The second kappa shape index (κ2) is 9.47. The summed E-state index contributed by atoms with van der Waals surface area (Å²) in [6.07, 6.45) is -1.33. The number of rotatable bonds is 7. The lowest BCUT2D eigenvalue weighted by Gasteiger charge is -2.08. The van der Waals surface area contributed by atoms with Gasteiger partial charge in [-0.05, 0) is 64.7 Å². The lowest BCUT2D eigenvalue weighted by Crippen LogP contribution is -2.03. The Morgan fingerprint density at radius 1 is 0.968 bits per heavy atom. The molecule has 0 radical (unpaired) electrons. The largest absolute Gasteiger partial charge is 0.490 e. The van der Waals surface area contributed by atoms with Crippen molar-refractivity contribution >= 4 is 12.0 Å². The minimum Gasteiger partial charge on any atom is -0.490 e. The van der Waals surface area contributed by atoms with Crippen LogP contribution in [0.2, 0.25) is 0 Å². The van der Waals surface area contributed by atoms with Gasteiger partial charge in [0.25, 0.3) is 0 Å². The van der Waals surface area contributed by atoms with E-state index in [1.807, 2.05) is 0 Å². The summed E-state index contributed by atoms with van der Waals surface area (Å²) < 4.78 is 57.3. The Hall–Kier alpha value is -3.61. The molecule has 0 spiro atoms. The lowest BCUT2D eigenvalue weighted by molar-refractivity contribution is -0.138. The average molecular weight is 430 g/mol. The average Bonchev–Trinajstić information content (AvgIpc) is 2.70. The van der Waals surface area contributed by atoms with Gasteiger partial charge in [-0.3, -0.25) is 4.79 Å². The van der Waals surface area contributed by atoms with Crippen molar-refractivity contribution in [1.29, 1.82) is 0 Å². The van der Waals surface area contributed by atoms with Crippen LogP contribution in [-0.4, -0.2) is 17.7 Å². The Kier molecular flexibility index (Phi) is 6.74. The Morgan fingerprint density at radius 2 is 1.71 bits per heavy atom. The van der Waals surface area contributed by atoms with Gasteiger partial charge in [-0.2, -0.15) is 13.2 Å². The second-order valence-electron chi connectivity index (χ2n) is 6.78. The van der Waals surface area contributed by atoms with Crippen molar-refractivity contribution < 1.29 is 32.2 Å². The van der Waals surface area contributed by atoms with Crippen molar-refractivity contribution in [3.05, 3.63) is 95.3 Å². The number of carbonyl (C=O) groups is 1. The minimum absolute atomic E-state index is 0.178. The van der Waals surface area contributed by atoms with Crippen molar-refractivity contribution in [2.75, 3.05) is 6.61 Å². The van der Waals surface area contributed by atoms with Gasteiger partial charge in [0.2, 0.25) is 0 Å². The van der Waals surface area contributed by atoms with Crippen LogP contribution in [0.25, 0.3) is 17.2 Å². The first kappa shape index (κ1) is 22.1. The van der Waals surface area contributed by atoms with Crippen molar-refractivity contribution in [2.45, 2.75) is 12.6 Å². The first-order valence-electron chi connectivity index (χ1n) is 9.29. The Bertz CT molecular complexity index is 1090. The number of ether oxygens (including phenoxy) is 1. The summed E-state index contributed by atoms with van der Waals surface area (Å²) in [5.74, 6) is -1.06. The van der Waals surface area contributed by atoms with Crippen LogP contribution in [-0.2, 0) is 17.4 Å². The number of hydrogen-bond donors (Lipinski definition) is 1. The van der Waals surface area contributed by atoms with Crippen LogP contribution >= 0.6 is 0 Å². The highest BCUT2D eigenvalue weighted by atomic mass is 19.4. The monoisotopic (exact) mass is 430 g/mol. The van der Waals surface area contributed by atoms with E-state index >= 15 is 0 Å². The zero-order valence-electron chi connectivity index (χ0n) is 16.2. The summed E-state index contributed by atoms with van der Waals surface area (Å²) in [4.78, 5) is 10.9. The van der Waals surface area contributed by atoms with Gasteiger partial charge in [0.05, 0.1) is 12.0 Å². The fraction of sp³-hybridized carbons (Fsp3) is 0.125. The Labute approximate surface area is 176 Å². The molecule has 0 atom stereocenters. The second-order valence-corrected chi connectivity index (χ2v) is 6.78. The normalized spacial score (nSPS) is 11.6. The summed E-state index contributed by atoms with van der Waals surface area (Å²) in [5, 5.41) is 8.92. The van der Waals surface area contributed by atoms with Crippen molar-refractivity contribution in [3.63, 3.8) is 0 Å². The quantitative estimate of drug-likeness (QED) is 0.452. The van der Waals surface area contributed by atoms with Gasteiger partial charge in [-0.1, -0.05) is 36.4 Å². The van der Waals surface area contributed by atoms with E-state index in [2.05, 4.69) is 0 Å². The molecule has 0 fully saturated rings. The molecule has 0 aliphatic heterocycles. The number of carboxylic acid groups (broad SMARTS) is 1. The Morgan fingerprint density at radius 3 is 2.39 bits per heavy atom. The molecule has 0 saturated carbocycles. The number of carboxylic acids is 1. The van der Waals surface area contributed by atoms with Crippen LogP contribution in [0.4, 0.5) is 17.6 Å². The van der Waals surface area contributed by atoms with Gasteiger partial charge in [0.15, 0.2) is 0 Å². The molecule has 0 aliphatic carbocycles. The zero-order valence-corrected chi connectivity index (χ0v) is 16.2. The van der Waals surface area contributed by atoms with Gasteiger partial charge in [0, 0.05) is 0 Å². The molecule has 0 aromatic heterocycles. The molecule has 0 unspecified atom stereocenters. The first-order valence-corrected chi connectivity index (χ1v) is 9.29. The molecular formula is C24H18F4O3. The topological polar surface area (TPSA) is 46.5 Å². The standard InChI is InChI=1S/C24H18F4O3/c25-21-12-17(13-23(29)30)11-19(14-21)18-4-1-5-22(15-18)31-10-2-3-16-6-8-20(9-7-16)24(26,27)28/h1-9,11-12,14-15H,10,13H2,(H,29,30)/b3-2+. The Balaban J connectivity index is 1.65. The highest BCUT2D eigenvalue weighted by Gasteiger charge is 2.29. The van der Waals surface area contributed by atoms with E-state index in [0.717, 1.165) is 12.1 Å². The SMILES string of the molecule is O=C(O)Cc1cc(F)cc(-c2cccc(OC/C=C/c3ccc(C(F)(F)F)cc3)c2)c1. The summed E-state index contributed by atoms with van der Waals surface area (Å²) >= 11 is 0. The summed E-state index contributed by atoms with van der Waals surface area (Å²) in [6.45, 7) is 0.178. The zero-order chi connectivity index (χ0) is 22.4. The van der Waals surface area contributed by atoms with Crippen LogP contribution in [0.5, 0.6) is 5.75 Å². The van der Waals surface area contributed by atoms with Crippen LogP contribution < -0.4 is 4.74 Å². The van der Waals surface area contributed by atoms with Gasteiger partial charge >= 0.3 is 12.1 Å². The molecule has 0 bridgehead atoms. The van der Waals surface area contributed by atoms with E-state index in [0.29, 0.717) is 28.0 Å². The molecule has 0 aliphatic rings. The van der Waals surface area contributed by atoms with E-state index < -0.39 is 23.5 Å². The number of benzene rings is 3. The van der Waals surface area contributed by atoms with Gasteiger partial charge in [-0.25, -0.2) is 4.39 Å². The van der Waals surface area contributed by atoms with Crippen molar-refractivity contribution in [1.82, 2.24) is 0 Å². The summed E-state index contributed by atoms with van der Waals surface area (Å²) in [7, 11) is 0. The third-order valence-electron chi connectivity index (χ3n) is 4.37. The van der Waals surface area contributed by atoms with E-state index in [-0.39, 0.29) is 13.0 Å². The number of aliphatic carboxylic acids is 1. The maximum absolute atomic E-state index is 13.9. The summed E-state index contributed by atoms with van der Waals surface area (Å²) in [5.41, 5.74) is 1.45. The smallest absolute Gasteiger partial charge is 0.416 e. The highest BCUT2D eigenvalue weighted by Crippen LogP contribution is 2.29. The third-order valence-corrected chi connectivity index (χ3v) is 4.37. The van der Waals surface area contributed by atoms with Crippen LogP contribution in [0.3, 0.4) is 0 Å². The molecule has 0 amide bonds. The van der Waals surface area contributed by atoms with Gasteiger partial charge < -0.3 is 9.84 Å². The molecule has 3 aromatic carbocycles. The molecule has 3 aromatic rings. The van der Waals surface area contributed by atoms with E-state index in [1.165, 1.54) is 24.3 Å². The summed E-state index contributed by atoms with van der Waals surface area (Å²) in [6, 6.07) is 15.8. The van der Waals surface area contributed by atoms with Crippen LogP contribution in [0.15, 0.2) is 72.8 Å².